The second kappa shape index (κ2) is 7.03. The predicted molar refractivity (Wildman–Crippen MR) is 87.7 cm³/mol. The molecule has 126 valence electrons. The summed E-state index contributed by atoms with van der Waals surface area (Å²) in [4.78, 5) is 14.1. The number of aliphatic hydroxyl groups is 1. The second-order valence-corrected chi connectivity index (χ2v) is 7.51. The van der Waals surface area contributed by atoms with Crippen molar-refractivity contribution >= 4 is 5.97 Å². The molecule has 0 aromatic rings. The molecular formula is C18H31NO3. The van der Waals surface area contributed by atoms with Crippen molar-refractivity contribution in [3.8, 4) is 0 Å². The lowest BCUT2D eigenvalue weighted by molar-refractivity contribution is -0.144. The second-order valence-electron chi connectivity index (χ2n) is 7.51. The minimum Gasteiger partial charge on any atom is -0.502 e. The summed E-state index contributed by atoms with van der Waals surface area (Å²) in [6, 6.07) is 0.613. The third-order valence-corrected chi connectivity index (χ3v) is 5.56. The maximum Gasteiger partial charge on any atom is 0.373 e. The zero-order valence-corrected chi connectivity index (χ0v) is 14.5. The van der Waals surface area contributed by atoms with Crippen LogP contribution in [0.3, 0.4) is 0 Å². The van der Waals surface area contributed by atoms with Gasteiger partial charge in [0.05, 0.1) is 0 Å². The number of fused-ring (bicyclic) bond motifs is 1. The van der Waals surface area contributed by atoms with E-state index in [1.54, 1.807) is 6.92 Å². The molecule has 0 aromatic carbocycles. The number of hydrogen-bond donors (Lipinski definition) is 1. The first-order chi connectivity index (χ1) is 10.4. The fourth-order valence-corrected chi connectivity index (χ4v) is 4.59. The van der Waals surface area contributed by atoms with Gasteiger partial charge in [-0.25, -0.2) is 4.79 Å². The van der Waals surface area contributed by atoms with Crippen molar-refractivity contribution in [1.29, 1.82) is 0 Å². The Labute approximate surface area is 134 Å². The highest BCUT2D eigenvalue weighted by molar-refractivity contribution is 5.85. The number of allylic oxidation sites excluding steroid dienone is 1. The first kappa shape index (κ1) is 17.3. The van der Waals surface area contributed by atoms with E-state index in [0.717, 1.165) is 18.4 Å². The van der Waals surface area contributed by atoms with Gasteiger partial charge in [-0.05, 0) is 57.9 Å². The predicted octanol–water partition coefficient (Wildman–Crippen LogP) is 3.67. The number of ether oxygens (including phenoxy) is 1. The normalized spacial score (nSPS) is 32.4. The van der Waals surface area contributed by atoms with E-state index in [0.29, 0.717) is 12.6 Å². The SMILES string of the molecule is CC=C(O)C(=O)OCCN1C2CCCCC2C(C)CC1(C)C. The van der Waals surface area contributed by atoms with E-state index in [1.165, 1.54) is 38.2 Å². The maximum atomic E-state index is 11.6. The Bertz CT molecular complexity index is 430. The van der Waals surface area contributed by atoms with Gasteiger partial charge >= 0.3 is 5.97 Å². The van der Waals surface area contributed by atoms with Gasteiger partial charge < -0.3 is 9.84 Å². The van der Waals surface area contributed by atoms with Crippen LogP contribution in [0.2, 0.25) is 0 Å². The number of carbonyl (C=O) groups excluding carboxylic acids is 1. The summed E-state index contributed by atoms with van der Waals surface area (Å²) in [6.45, 7) is 9.73. The first-order valence-corrected chi connectivity index (χ1v) is 8.66. The number of rotatable bonds is 4. The molecule has 1 heterocycles. The number of piperidine rings is 1. The van der Waals surface area contributed by atoms with Crippen molar-refractivity contribution in [1.82, 2.24) is 4.90 Å². The van der Waals surface area contributed by atoms with Gasteiger partial charge in [0.25, 0.3) is 0 Å². The maximum absolute atomic E-state index is 11.6. The minimum atomic E-state index is -0.620. The molecule has 1 saturated heterocycles. The molecule has 2 rings (SSSR count). The number of aliphatic hydroxyl groups excluding tert-OH is 1. The fraction of sp³-hybridized carbons (Fsp3) is 0.833. The highest BCUT2D eigenvalue weighted by Crippen LogP contribution is 2.44. The Balaban J connectivity index is 1.98. The Kier molecular flexibility index (Phi) is 5.54. The smallest absolute Gasteiger partial charge is 0.373 e. The monoisotopic (exact) mass is 309 g/mol. The molecular weight excluding hydrogens is 278 g/mol. The van der Waals surface area contributed by atoms with E-state index in [2.05, 4.69) is 25.7 Å². The van der Waals surface area contributed by atoms with Gasteiger partial charge in [0.1, 0.15) is 6.61 Å². The molecule has 0 bridgehead atoms. The van der Waals surface area contributed by atoms with E-state index < -0.39 is 5.97 Å². The van der Waals surface area contributed by atoms with Gasteiger partial charge in [0.2, 0.25) is 0 Å². The fourth-order valence-electron chi connectivity index (χ4n) is 4.59. The molecule has 2 fully saturated rings. The summed E-state index contributed by atoms with van der Waals surface area (Å²) in [5, 5.41) is 9.36. The average Bonchev–Trinajstić information content (AvgIpc) is 2.48. The standard InChI is InChI=1S/C18H31NO3/c1-5-16(20)17(21)22-11-10-19-15-9-7-6-8-14(15)13(2)12-18(19,3)4/h5,13-15,20H,6-12H2,1-4H3. The number of esters is 1. The zero-order valence-electron chi connectivity index (χ0n) is 14.5. The largest absolute Gasteiger partial charge is 0.502 e. The van der Waals surface area contributed by atoms with Gasteiger partial charge in [-0.15, -0.1) is 0 Å². The summed E-state index contributed by atoms with van der Waals surface area (Å²) < 4.78 is 5.20. The molecule has 0 spiro atoms. The highest BCUT2D eigenvalue weighted by atomic mass is 16.5. The van der Waals surface area contributed by atoms with E-state index in [1.807, 2.05) is 0 Å². The van der Waals surface area contributed by atoms with Crippen LogP contribution < -0.4 is 0 Å². The van der Waals surface area contributed by atoms with Crippen molar-refractivity contribution in [2.75, 3.05) is 13.2 Å². The van der Waals surface area contributed by atoms with Crippen LogP contribution in [-0.4, -0.2) is 40.7 Å². The van der Waals surface area contributed by atoms with Crippen LogP contribution in [0.5, 0.6) is 0 Å². The molecule has 4 heteroatoms. The van der Waals surface area contributed by atoms with Crippen molar-refractivity contribution < 1.29 is 14.6 Å². The Morgan fingerprint density at radius 1 is 1.36 bits per heavy atom. The Morgan fingerprint density at radius 2 is 2.05 bits per heavy atom. The van der Waals surface area contributed by atoms with Gasteiger partial charge in [0, 0.05) is 18.1 Å². The zero-order chi connectivity index (χ0) is 16.3. The van der Waals surface area contributed by atoms with Gasteiger partial charge in [-0.3, -0.25) is 4.90 Å². The summed E-state index contributed by atoms with van der Waals surface area (Å²) in [7, 11) is 0. The average molecular weight is 309 g/mol. The van der Waals surface area contributed by atoms with Gasteiger partial charge in [-0.2, -0.15) is 0 Å². The van der Waals surface area contributed by atoms with Crippen LogP contribution in [0.25, 0.3) is 0 Å². The minimum absolute atomic E-state index is 0.146. The Morgan fingerprint density at radius 3 is 2.73 bits per heavy atom. The molecule has 1 aliphatic heterocycles. The molecule has 0 amide bonds. The van der Waals surface area contributed by atoms with E-state index in [-0.39, 0.29) is 11.3 Å². The van der Waals surface area contributed by atoms with Crippen LogP contribution in [0.1, 0.15) is 59.8 Å². The lowest BCUT2D eigenvalue weighted by atomic mass is 9.67. The van der Waals surface area contributed by atoms with Crippen LogP contribution in [0, 0.1) is 11.8 Å². The van der Waals surface area contributed by atoms with E-state index >= 15 is 0 Å². The number of carbonyl (C=O) groups is 1. The molecule has 0 aromatic heterocycles. The summed E-state index contributed by atoms with van der Waals surface area (Å²) in [5.41, 5.74) is 0.146. The van der Waals surface area contributed by atoms with Crippen molar-refractivity contribution in [3.05, 3.63) is 11.8 Å². The van der Waals surface area contributed by atoms with Crippen LogP contribution in [0.15, 0.2) is 11.8 Å². The van der Waals surface area contributed by atoms with E-state index in [4.69, 9.17) is 4.74 Å². The van der Waals surface area contributed by atoms with Crippen LogP contribution in [-0.2, 0) is 9.53 Å². The number of nitrogens with zero attached hydrogens (tertiary/aromatic N) is 1. The van der Waals surface area contributed by atoms with Crippen LogP contribution in [0.4, 0.5) is 0 Å². The molecule has 3 atom stereocenters. The topological polar surface area (TPSA) is 49.8 Å². The highest BCUT2D eigenvalue weighted by Gasteiger charge is 2.45. The third-order valence-electron chi connectivity index (χ3n) is 5.56. The van der Waals surface area contributed by atoms with Gasteiger partial charge in [-0.1, -0.05) is 19.8 Å². The summed E-state index contributed by atoms with van der Waals surface area (Å²) in [5.74, 6) is 0.625. The first-order valence-electron chi connectivity index (χ1n) is 8.66. The lowest BCUT2D eigenvalue weighted by Crippen LogP contribution is -2.60. The van der Waals surface area contributed by atoms with Crippen molar-refractivity contribution in [2.24, 2.45) is 11.8 Å². The third kappa shape index (κ3) is 3.65. The molecule has 2 aliphatic rings. The van der Waals surface area contributed by atoms with Crippen molar-refractivity contribution in [2.45, 2.75) is 71.4 Å². The molecule has 1 aliphatic carbocycles. The molecule has 1 N–H and O–H groups in total. The number of likely N-dealkylation sites (tertiary alicyclic amines) is 1. The molecule has 0 radical (unpaired) electrons. The molecule has 4 nitrogen and oxygen atoms in total. The molecule has 22 heavy (non-hydrogen) atoms. The molecule has 1 saturated carbocycles. The summed E-state index contributed by atoms with van der Waals surface area (Å²) >= 11 is 0. The van der Waals surface area contributed by atoms with E-state index in [9.17, 15) is 9.90 Å². The van der Waals surface area contributed by atoms with Crippen LogP contribution >= 0.6 is 0 Å². The van der Waals surface area contributed by atoms with Gasteiger partial charge in [0.15, 0.2) is 5.76 Å². The quantitative estimate of drug-likeness (QED) is 0.489. The lowest BCUT2D eigenvalue weighted by Gasteiger charge is -2.55. The summed E-state index contributed by atoms with van der Waals surface area (Å²) in [6.07, 6.45) is 7.81. The number of hydrogen-bond acceptors (Lipinski definition) is 4. The van der Waals surface area contributed by atoms with Crippen molar-refractivity contribution in [3.63, 3.8) is 0 Å². The molecule has 3 unspecified atom stereocenters. The Hall–Kier alpha value is -1.03.